The van der Waals surface area contributed by atoms with Gasteiger partial charge in [0.25, 0.3) is 0 Å². The molecule has 0 N–H and O–H groups in total. The van der Waals surface area contributed by atoms with E-state index in [1.165, 1.54) is 0 Å². The van der Waals surface area contributed by atoms with Gasteiger partial charge in [-0.3, -0.25) is 0 Å². The van der Waals surface area contributed by atoms with Crippen molar-refractivity contribution < 1.29 is 19.0 Å². The number of hydrogen-bond acceptors (Lipinski definition) is 7. The molecular weight excluding hydrogens is 563 g/mol. The second-order valence-corrected chi connectivity index (χ2v) is 24.9. The molecule has 0 atom stereocenters. The molecule has 0 aliphatic carbocycles. The Bertz CT molecular complexity index is 1250. The van der Waals surface area contributed by atoms with Gasteiger partial charge in [0.15, 0.2) is 5.65 Å². The highest BCUT2D eigenvalue weighted by atomic mass is 28.3. The van der Waals surface area contributed by atoms with Crippen molar-refractivity contribution in [3.8, 4) is 0 Å². The van der Waals surface area contributed by atoms with Crippen LogP contribution < -0.4 is 4.90 Å². The van der Waals surface area contributed by atoms with E-state index in [0.717, 1.165) is 60.9 Å². The normalized spacial score (nSPS) is 14.9. The molecule has 1 amide bonds. The highest BCUT2D eigenvalue weighted by Crippen LogP contribution is 2.30. The van der Waals surface area contributed by atoms with Gasteiger partial charge in [-0.2, -0.15) is 9.61 Å². The molecule has 3 aromatic rings. The van der Waals surface area contributed by atoms with Gasteiger partial charge in [-0.25, -0.2) is 9.78 Å². The third-order valence-electron chi connectivity index (χ3n) is 7.55. The number of aromatic nitrogens is 3. The number of anilines is 1. The first kappa shape index (κ1) is 32.2. The number of rotatable bonds is 14. The number of carbonyl (C=O) groups is 1. The lowest BCUT2D eigenvalue weighted by Crippen LogP contribution is -2.38. The van der Waals surface area contributed by atoms with Crippen molar-refractivity contribution in [1.82, 2.24) is 19.5 Å². The Morgan fingerprint density at radius 1 is 0.929 bits per heavy atom. The predicted octanol–water partition coefficient (Wildman–Crippen LogP) is 6.68. The number of ether oxygens (including phenoxy) is 3. The minimum Gasteiger partial charge on any atom is -0.445 e. The molecule has 4 rings (SSSR count). The highest BCUT2D eigenvalue weighted by molar-refractivity contribution is 6.76. The first-order chi connectivity index (χ1) is 20.0. The van der Waals surface area contributed by atoms with Crippen LogP contribution in [0.4, 0.5) is 10.6 Å². The van der Waals surface area contributed by atoms with Gasteiger partial charge in [-0.1, -0.05) is 69.6 Å². The Morgan fingerprint density at radius 3 is 2.14 bits per heavy atom. The van der Waals surface area contributed by atoms with Gasteiger partial charge in [-0.15, -0.1) is 0 Å². The molecule has 1 fully saturated rings. The van der Waals surface area contributed by atoms with Gasteiger partial charge in [0.2, 0.25) is 0 Å². The molecule has 0 bridgehead atoms. The van der Waals surface area contributed by atoms with Crippen LogP contribution in [0.25, 0.3) is 5.65 Å². The predicted molar refractivity (Wildman–Crippen MR) is 174 cm³/mol. The van der Waals surface area contributed by atoms with E-state index in [2.05, 4.69) is 55.3 Å². The van der Waals surface area contributed by atoms with Crippen molar-refractivity contribution in [2.24, 2.45) is 0 Å². The van der Waals surface area contributed by atoms with Crippen molar-refractivity contribution in [1.29, 1.82) is 0 Å². The molecule has 0 radical (unpaired) electrons. The van der Waals surface area contributed by atoms with Crippen LogP contribution in [0.1, 0.15) is 30.0 Å². The van der Waals surface area contributed by atoms with Crippen LogP contribution >= 0.6 is 0 Å². The quantitative estimate of drug-likeness (QED) is 0.114. The smallest absolute Gasteiger partial charge is 0.410 e. The summed E-state index contributed by atoms with van der Waals surface area (Å²) < 4.78 is 19.9. The van der Waals surface area contributed by atoms with E-state index in [-0.39, 0.29) is 18.6 Å². The first-order valence-electron chi connectivity index (χ1n) is 15.2. The van der Waals surface area contributed by atoms with Crippen molar-refractivity contribution in [2.45, 2.75) is 76.7 Å². The molecule has 0 spiro atoms. The Balaban J connectivity index is 1.43. The molecule has 1 aliphatic heterocycles. The summed E-state index contributed by atoms with van der Waals surface area (Å²) >= 11 is 0. The zero-order chi connectivity index (χ0) is 30.2. The second-order valence-electron chi connectivity index (χ2n) is 13.7. The Labute approximate surface area is 253 Å². The van der Waals surface area contributed by atoms with Crippen LogP contribution in [0.5, 0.6) is 0 Å². The molecule has 9 nitrogen and oxygen atoms in total. The maximum Gasteiger partial charge on any atom is 0.410 e. The number of amides is 1. The van der Waals surface area contributed by atoms with Crippen LogP contribution in [0, 0.1) is 0 Å². The van der Waals surface area contributed by atoms with Crippen LogP contribution in [0.2, 0.25) is 51.4 Å². The minimum atomic E-state index is -1.20. The van der Waals surface area contributed by atoms with Crippen molar-refractivity contribution >= 4 is 33.7 Å². The van der Waals surface area contributed by atoms with E-state index in [9.17, 15) is 4.79 Å². The van der Waals surface area contributed by atoms with Crippen molar-refractivity contribution in [3.63, 3.8) is 0 Å². The Kier molecular flexibility index (Phi) is 11.2. The zero-order valence-corrected chi connectivity index (χ0v) is 28.3. The maximum atomic E-state index is 12.7. The van der Waals surface area contributed by atoms with E-state index in [0.29, 0.717) is 26.6 Å². The summed E-state index contributed by atoms with van der Waals surface area (Å²) in [4.78, 5) is 21.6. The van der Waals surface area contributed by atoms with Gasteiger partial charge < -0.3 is 24.0 Å². The molecule has 230 valence electrons. The fourth-order valence-corrected chi connectivity index (χ4v) is 6.31. The van der Waals surface area contributed by atoms with E-state index in [4.69, 9.17) is 19.2 Å². The van der Waals surface area contributed by atoms with E-state index < -0.39 is 16.1 Å². The number of carbonyl (C=O) groups excluding carboxylic acids is 1. The maximum absolute atomic E-state index is 12.7. The van der Waals surface area contributed by atoms with Crippen LogP contribution in [-0.2, 0) is 20.8 Å². The molecule has 2 aromatic heterocycles. The molecule has 1 aromatic carbocycles. The van der Waals surface area contributed by atoms with Gasteiger partial charge in [-0.05, 0) is 30.5 Å². The average Bonchev–Trinajstić information content (AvgIpc) is 3.43. The summed E-state index contributed by atoms with van der Waals surface area (Å²) in [5.41, 5.74) is 2.82. The van der Waals surface area contributed by atoms with Crippen molar-refractivity contribution in [2.75, 3.05) is 44.7 Å². The second kappa shape index (κ2) is 14.6. The SMILES string of the molecule is C[Si](C)(C)CCOCN(COCC[Si](C)(C)C)c1cc(C2CCN(C(=O)OCc3ccccc3)CC2)nc2ccnn12. The van der Waals surface area contributed by atoms with Gasteiger partial charge >= 0.3 is 6.09 Å². The molecule has 3 heterocycles. The zero-order valence-electron chi connectivity index (χ0n) is 26.3. The summed E-state index contributed by atoms with van der Waals surface area (Å²) in [5, 5.41) is 4.59. The summed E-state index contributed by atoms with van der Waals surface area (Å²) in [6, 6.07) is 16.1. The number of likely N-dealkylation sites (tertiary alicyclic amines) is 1. The first-order valence-corrected chi connectivity index (χ1v) is 22.6. The number of benzene rings is 1. The van der Waals surface area contributed by atoms with Crippen molar-refractivity contribution in [3.05, 3.63) is 59.9 Å². The van der Waals surface area contributed by atoms with E-state index in [1.807, 2.05) is 45.8 Å². The summed E-state index contributed by atoms with van der Waals surface area (Å²) in [7, 11) is -2.39. The van der Waals surface area contributed by atoms with Crippen LogP contribution in [0.3, 0.4) is 0 Å². The fraction of sp³-hybridized carbons (Fsp3) is 0.581. The third kappa shape index (κ3) is 9.93. The van der Waals surface area contributed by atoms with E-state index >= 15 is 0 Å². The lowest BCUT2D eigenvalue weighted by Gasteiger charge is -2.32. The number of piperidine rings is 1. The standard InChI is InChI=1S/C31H49N5O4Si2/c1-41(2,3)20-18-38-24-35(25-39-19-21-42(4,5)6)30-22-28(33-29-12-15-32-36(29)30)27-13-16-34(17-14-27)31(37)40-23-26-10-8-7-9-11-26/h7-12,15,22,27H,13-14,16-21,23-25H2,1-6H3. The van der Waals surface area contributed by atoms with Gasteiger partial charge in [0.1, 0.15) is 25.9 Å². The van der Waals surface area contributed by atoms with Gasteiger partial charge in [0, 0.05) is 66.2 Å². The third-order valence-corrected chi connectivity index (χ3v) is 11.0. The van der Waals surface area contributed by atoms with Gasteiger partial charge in [0.05, 0.1) is 6.20 Å². The topological polar surface area (TPSA) is 81.4 Å². The number of nitrogens with zero attached hydrogens (tertiary/aromatic N) is 5. The molecule has 0 unspecified atom stereocenters. The lowest BCUT2D eigenvalue weighted by molar-refractivity contribution is 0.0867. The lowest BCUT2D eigenvalue weighted by atomic mass is 9.93. The minimum absolute atomic E-state index is 0.240. The average molecular weight is 612 g/mol. The van der Waals surface area contributed by atoms with Crippen LogP contribution in [0.15, 0.2) is 48.7 Å². The number of fused-ring (bicyclic) bond motifs is 1. The monoisotopic (exact) mass is 611 g/mol. The summed E-state index contributed by atoms with van der Waals surface area (Å²) in [6.07, 6.45) is 3.19. The largest absolute Gasteiger partial charge is 0.445 e. The summed E-state index contributed by atoms with van der Waals surface area (Å²) in [5.74, 6) is 1.16. The molecular formula is C31H49N5O4Si2. The highest BCUT2D eigenvalue weighted by Gasteiger charge is 2.27. The Hall–Kier alpha value is -2.74. The Morgan fingerprint density at radius 2 is 1.55 bits per heavy atom. The molecule has 1 aliphatic rings. The van der Waals surface area contributed by atoms with Crippen LogP contribution in [-0.4, -0.2) is 81.5 Å². The number of hydrogen-bond donors (Lipinski definition) is 0. The molecule has 11 heteroatoms. The van der Waals surface area contributed by atoms with E-state index in [1.54, 1.807) is 6.20 Å². The summed E-state index contributed by atoms with van der Waals surface area (Å²) in [6.45, 7) is 18.1. The molecule has 0 saturated carbocycles. The fourth-order valence-electron chi connectivity index (χ4n) is 4.79. The molecule has 1 saturated heterocycles. The molecule has 42 heavy (non-hydrogen) atoms.